The first-order valence-corrected chi connectivity index (χ1v) is 11.8. The van der Waals surface area contributed by atoms with Gasteiger partial charge in [-0.1, -0.05) is 0 Å². The molecular formula is C22H26N2O7S. The number of methoxy groups -OCH3 is 2. The fraction of sp³-hybridized carbons (Fsp3) is 0.455. The van der Waals surface area contributed by atoms with Gasteiger partial charge >= 0.3 is 10.4 Å². The van der Waals surface area contributed by atoms with Gasteiger partial charge in [0, 0.05) is 29.3 Å². The van der Waals surface area contributed by atoms with E-state index >= 15 is 0 Å². The van der Waals surface area contributed by atoms with Crippen molar-refractivity contribution in [3.05, 3.63) is 47.2 Å². The SMILES string of the molecule is CCOc1cc2c(cc1OC)C(c1ccc(OC)nc1)=N[C@@H]1CC[C@@H](OS(=O)(=O)O)C[C@H]21. The fourth-order valence-corrected chi connectivity index (χ4v) is 5.00. The van der Waals surface area contributed by atoms with Crippen LogP contribution in [0.15, 0.2) is 35.5 Å². The van der Waals surface area contributed by atoms with Crippen molar-refractivity contribution in [1.29, 1.82) is 0 Å². The second-order valence-corrected chi connectivity index (χ2v) is 8.77. The zero-order chi connectivity index (χ0) is 22.9. The zero-order valence-electron chi connectivity index (χ0n) is 18.1. The minimum Gasteiger partial charge on any atom is -0.493 e. The highest BCUT2D eigenvalue weighted by molar-refractivity contribution is 7.80. The predicted octanol–water partition coefficient (Wildman–Crippen LogP) is 3.17. The predicted molar refractivity (Wildman–Crippen MR) is 117 cm³/mol. The highest BCUT2D eigenvalue weighted by Gasteiger charge is 2.39. The molecule has 2 heterocycles. The van der Waals surface area contributed by atoms with Crippen LogP contribution < -0.4 is 14.2 Å². The summed E-state index contributed by atoms with van der Waals surface area (Å²) in [4.78, 5) is 9.34. The summed E-state index contributed by atoms with van der Waals surface area (Å²) >= 11 is 0. The van der Waals surface area contributed by atoms with Gasteiger partial charge in [-0.2, -0.15) is 8.42 Å². The number of pyridine rings is 1. The van der Waals surface area contributed by atoms with E-state index in [1.54, 1.807) is 26.5 Å². The van der Waals surface area contributed by atoms with Gasteiger partial charge in [0.1, 0.15) is 0 Å². The van der Waals surface area contributed by atoms with Gasteiger partial charge in [0.2, 0.25) is 5.88 Å². The first kappa shape index (κ1) is 22.5. The quantitative estimate of drug-likeness (QED) is 0.624. The normalized spacial score (nSPS) is 22.4. The summed E-state index contributed by atoms with van der Waals surface area (Å²) in [6, 6.07) is 7.46. The zero-order valence-corrected chi connectivity index (χ0v) is 19.0. The lowest BCUT2D eigenvalue weighted by Gasteiger charge is -2.38. The Hall–Kier alpha value is -2.69. The number of ether oxygens (including phenoxy) is 3. The number of fused-ring (bicyclic) bond motifs is 3. The number of hydrogen-bond acceptors (Lipinski definition) is 8. The lowest BCUT2D eigenvalue weighted by molar-refractivity contribution is 0.124. The topological polar surface area (TPSA) is 117 Å². The molecule has 2 aromatic rings. The van der Waals surface area contributed by atoms with Crippen LogP contribution in [0.5, 0.6) is 17.4 Å². The maximum atomic E-state index is 11.3. The van der Waals surface area contributed by atoms with Gasteiger partial charge in [0.15, 0.2) is 11.5 Å². The van der Waals surface area contributed by atoms with Crippen molar-refractivity contribution in [2.45, 2.75) is 44.2 Å². The summed E-state index contributed by atoms with van der Waals surface area (Å²) in [5.74, 6) is 1.61. The summed E-state index contributed by atoms with van der Waals surface area (Å²) in [5.41, 5.74) is 3.47. The second kappa shape index (κ2) is 9.05. The molecule has 1 aliphatic carbocycles. The van der Waals surface area contributed by atoms with Crippen LogP contribution in [0.4, 0.5) is 0 Å². The fourth-order valence-electron chi connectivity index (χ4n) is 4.49. The molecule has 0 amide bonds. The summed E-state index contributed by atoms with van der Waals surface area (Å²) < 4.78 is 53.1. The van der Waals surface area contributed by atoms with E-state index in [1.807, 2.05) is 25.1 Å². The molecule has 4 rings (SSSR count). The number of rotatable bonds is 7. The Labute approximate surface area is 187 Å². The molecule has 1 saturated carbocycles. The van der Waals surface area contributed by atoms with Crippen molar-refractivity contribution in [2.75, 3.05) is 20.8 Å². The van der Waals surface area contributed by atoms with Gasteiger partial charge in [-0.15, -0.1) is 0 Å². The lowest BCUT2D eigenvalue weighted by Crippen LogP contribution is -2.36. The van der Waals surface area contributed by atoms with Gasteiger partial charge in [-0.25, -0.2) is 9.17 Å². The molecule has 0 bridgehead atoms. The van der Waals surface area contributed by atoms with Crippen molar-refractivity contribution in [3.8, 4) is 17.4 Å². The van der Waals surface area contributed by atoms with E-state index in [2.05, 4.69) is 4.98 Å². The van der Waals surface area contributed by atoms with E-state index in [0.29, 0.717) is 43.2 Å². The molecular weight excluding hydrogens is 436 g/mol. The average molecular weight is 463 g/mol. The van der Waals surface area contributed by atoms with E-state index in [-0.39, 0.29) is 12.0 Å². The molecule has 0 radical (unpaired) electrons. The Morgan fingerprint density at radius 1 is 1.12 bits per heavy atom. The largest absolute Gasteiger partial charge is 0.493 e. The maximum Gasteiger partial charge on any atom is 0.397 e. The molecule has 2 aliphatic rings. The summed E-state index contributed by atoms with van der Waals surface area (Å²) in [5, 5.41) is 0. The van der Waals surface area contributed by atoms with E-state index in [4.69, 9.17) is 27.9 Å². The number of hydrogen-bond donors (Lipinski definition) is 1. The van der Waals surface area contributed by atoms with Crippen LogP contribution in [0.3, 0.4) is 0 Å². The minimum atomic E-state index is -4.53. The summed E-state index contributed by atoms with van der Waals surface area (Å²) in [6.45, 7) is 2.37. The Bertz CT molecular complexity index is 1120. The van der Waals surface area contributed by atoms with Crippen molar-refractivity contribution in [3.63, 3.8) is 0 Å². The molecule has 10 heteroatoms. The summed E-state index contributed by atoms with van der Waals surface area (Å²) in [6.07, 6.45) is 2.61. The molecule has 3 atom stereocenters. The van der Waals surface area contributed by atoms with Crippen molar-refractivity contribution < 1.29 is 31.4 Å². The van der Waals surface area contributed by atoms with Gasteiger partial charge in [0.25, 0.3) is 0 Å². The number of aromatic nitrogens is 1. The molecule has 1 aromatic heterocycles. The number of aliphatic imine (C=N–C) groups is 1. The maximum absolute atomic E-state index is 11.3. The molecule has 172 valence electrons. The number of nitrogens with zero attached hydrogens (tertiary/aromatic N) is 2. The molecule has 0 saturated heterocycles. The third-order valence-corrected chi connectivity index (χ3v) is 6.34. The Balaban J connectivity index is 1.80. The standard InChI is InChI=1S/C22H26N2O7S/c1-4-30-20-10-15-16-9-14(31-32(25,26)27)6-7-18(16)24-22(17(15)11-19(20)28-2)13-5-8-21(29-3)23-12-13/h5,8,10-12,14,16,18H,4,6-7,9H2,1-3H3,(H,25,26,27)/t14-,16-,18-/m1/s1. The first-order valence-electron chi connectivity index (χ1n) is 10.4. The smallest absolute Gasteiger partial charge is 0.397 e. The van der Waals surface area contributed by atoms with Gasteiger partial charge < -0.3 is 14.2 Å². The third-order valence-electron chi connectivity index (χ3n) is 5.83. The second-order valence-electron chi connectivity index (χ2n) is 7.72. The number of benzene rings is 1. The van der Waals surface area contributed by atoms with Crippen LogP contribution in [-0.2, 0) is 14.6 Å². The highest BCUT2D eigenvalue weighted by atomic mass is 32.3. The van der Waals surface area contributed by atoms with E-state index in [1.165, 1.54) is 0 Å². The van der Waals surface area contributed by atoms with Crippen molar-refractivity contribution in [2.24, 2.45) is 4.99 Å². The van der Waals surface area contributed by atoms with E-state index in [9.17, 15) is 8.42 Å². The Kier molecular flexibility index (Phi) is 6.36. The lowest BCUT2D eigenvalue weighted by atomic mass is 9.74. The Morgan fingerprint density at radius 2 is 1.94 bits per heavy atom. The van der Waals surface area contributed by atoms with E-state index < -0.39 is 16.5 Å². The van der Waals surface area contributed by atoms with Crippen LogP contribution in [0, 0.1) is 0 Å². The Morgan fingerprint density at radius 3 is 2.56 bits per heavy atom. The van der Waals surface area contributed by atoms with Gasteiger partial charge in [0.05, 0.1) is 38.7 Å². The van der Waals surface area contributed by atoms with Gasteiger partial charge in [-0.05, 0) is 49.9 Å². The monoisotopic (exact) mass is 462 g/mol. The molecule has 0 unspecified atom stereocenters. The molecule has 1 fully saturated rings. The highest BCUT2D eigenvalue weighted by Crippen LogP contribution is 2.45. The average Bonchev–Trinajstić information content (AvgIpc) is 2.77. The third kappa shape index (κ3) is 4.57. The van der Waals surface area contributed by atoms with Crippen LogP contribution in [0.2, 0.25) is 0 Å². The van der Waals surface area contributed by atoms with Crippen LogP contribution >= 0.6 is 0 Å². The molecule has 1 aliphatic heterocycles. The minimum absolute atomic E-state index is 0.0660. The van der Waals surface area contributed by atoms with Crippen molar-refractivity contribution >= 4 is 16.1 Å². The summed E-state index contributed by atoms with van der Waals surface area (Å²) in [7, 11) is -1.38. The first-order chi connectivity index (χ1) is 15.3. The molecule has 1 N–H and O–H groups in total. The molecule has 1 aromatic carbocycles. The van der Waals surface area contributed by atoms with Crippen LogP contribution in [0.25, 0.3) is 0 Å². The van der Waals surface area contributed by atoms with E-state index in [0.717, 1.165) is 22.4 Å². The van der Waals surface area contributed by atoms with Gasteiger partial charge in [-0.3, -0.25) is 9.55 Å². The molecule has 0 spiro atoms. The molecule has 9 nitrogen and oxygen atoms in total. The van der Waals surface area contributed by atoms with Crippen molar-refractivity contribution in [1.82, 2.24) is 4.98 Å². The molecule has 32 heavy (non-hydrogen) atoms. The van der Waals surface area contributed by atoms with Crippen LogP contribution in [-0.4, -0.2) is 56.6 Å². The van der Waals surface area contributed by atoms with Crippen LogP contribution in [0.1, 0.15) is 48.8 Å².